The van der Waals surface area contributed by atoms with Crippen molar-refractivity contribution in [1.29, 1.82) is 0 Å². The summed E-state index contributed by atoms with van der Waals surface area (Å²) in [6, 6.07) is 0. The Kier molecular flexibility index (Phi) is 6.21. The third-order valence-electron chi connectivity index (χ3n) is 2.00. The first kappa shape index (κ1) is 13.4. The maximum Gasteiger partial charge on any atom is 0.311 e. The number of halogens is 2. The second-order valence-corrected chi connectivity index (χ2v) is 5.53. The van der Waals surface area contributed by atoms with Crippen molar-refractivity contribution < 1.29 is 9.53 Å². The summed E-state index contributed by atoms with van der Waals surface area (Å²) in [5.74, 6) is -0.125. The Morgan fingerprint density at radius 3 is 2.46 bits per heavy atom. The molecule has 0 aromatic heterocycles. The van der Waals surface area contributed by atoms with Gasteiger partial charge in [0.05, 0.1) is 10.2 Å². The minimum Gasteiger partial charge on any atom is -0.464 e. The van der Waals surface area contributed by atoms with Gasteiger partial charge >= 0.3 is 5.97 Å². The lowest BCUT2D eigenvalue weighted by molar-refractivity contribution is -0.153. The molecule has 78 valence electrons. The standard InChI is InChI=1S/C9H16Br2O2/c1-4-9(2,3)8(12)13-6-7(11)5-10/h7H,4-6H2,1-3H3. The van der Waals surface area contributed by atoms with Crippen LogP contribution in [-0.4, -0.2) is 22.7 Å². The van der Waals surface area contributed by atoms with Crippen LogP contribution < -0.4 is 0 Å². The Hall–Kier alpha value is 0.430. The fraction of sp³-hybridized carbons (Fsp3) is 0.889. The number of alkyl halides is 2. The van der Waals surface area contributed by atoms with Gasteiger partial charge in [0.1, 0.15) is 6.61 Å². The zero-order chi connectivity index (χ0) is 10.5. The highest BCUT2D eigenvalue weighted by atomic mass is 79.9. The van der Waals surface area contributed by atoms with E-state index >= 15 is 0 Å². The predicted molar refractivity (Wildman–Crippen MR) is 61.5 cm³/mol. The molecule has 0 aliphatic heterocycles. The van der Waals surface area contributed by atoms with Crippen molar-refractivity contribution in [1.82, 2.24) is 0 Å². The molecular formula is C9H16Br2O2. The molecule has 0 rings (SSSR count). The van der Waals surface area contributed by atoms with Gasteiger partial charge in [-0.05, 0) is 20.3 Å². The van der Waals surface area contributed by atoms with Crippen LogP contribution in [-0.2, 0) is 9.53 Å². The molecule has 0 heterocycles. The van der Waals surface area contributed by atoms with Crippen LogP contribution in [0, 0.1) is 5.41 Å². The number of carbonyl (C=O) groups is 1. The summed E-state index contributed by atoms with van der Waals surface area (Å²) in [7, 11) is 0. The second kappa shape index (κ2) is 6.02. The Labute approximate surface area is 96.7 Å². The van der Waals surface area contributed by atoms with Gasteiger partial charge in [-0.15, -0.1) is 0 Å². The first-order valence-corrected chi connectivity index (χ1v) is 6.35. The zero-order valence-corrected chi connectivity index (χ0v) is 11.4. The molecular weight excluding hydrogens is 300 g/mol. The first-order valence-electron chi connectivity index (χ1n) is 4.31. The number of hydrogen-bond donors (Lipinski definition) is 0. The van der Waals surface area contributed by atoms with E-state index in [0.717, 1.165) is 11.8 Å². The minimum absolute atomic E-state index is 0.125. The lowest BCUT2D eigenvalue weighted by Gasteiger charge is -2.20. The van der Waals surface area contributed by atoms with Gasteiger partial charge in [-0.2, -0.15) is 0 Å². The summed E-state index contributed by atoms with van der Waals surface area (Å²) in [6.45, 7) is 6.20. The molecule has 4 heteroatoms. The van der Waals surface area contributed by atoms with Crippen molar-refractivity contribution >= 4 is 37.8 Å². The van der Waals surface area contributed by atoms with Crippen LogP contribution in [0.15, 0.2) is 0 Å². The summed E-state index contributed by atoms with van der Waals surface area (Å²) in [6.07, 6.45) is 0.799. The van der Waals surface area contributed by atoms with E-state index in [1.807, 2.05) is 20.8 Å². The van der Waals surface area contributed by atoms with Gasteiger partial charge in [0.15, 0.2) is 0 Å². The molecule has 13 heavy (non-hydrogen) atoms. The average Bonchev–Trinajstić information content (AvgIpc) is 2.13. The smallest absolute Gasteiger partial charge is 0.311 e. The van der Waals surface area contributed by atoms with E-state index < -0.39 is 0 Å². The summed E-state index contributed by atoms with van der Waals surface area (Å²) >= 11 is 6.66. The summed E-state index contributed by atoms with van der Waals surface area (Å²) in [5, 5.41) is 0.785. The van der Waals surface area contributed by atoms with Crippen LogP contribution in [0.3, 0.4) is 0 Å². The molecule has 2 nitrogen and oxygen atoms in total. The van der Waals surface area contributed by atoms with Crippen molar-refractivity contribution in [3.8, 4) is 0 Å². The fourth-order valence-electron chi connectivity index (χ4n) is 0.550. The molecule has 0 aromatic rings. The predicted octanol–water partition coefficient (Wildman–Crippen LogP) is 3.12. The lowest BCUT2D eigenvalue weighted by Crippen LogP contribution is -2.28. The molecule has 0 N–H and O–H groups in total. The van der Waals surface area contributed by atoms with Gasteiger partial charge < -0.3 is 4.74 Å². The largest absolute Gasteiger partial charge is 0.464 e. The number of carbonyl (C=O) groups excluding carboxylic acids is 1. The molecule has 0 radical (unpaired) electrons. The van der Waals surface area contributed by atoms with E-state index in [2.05, 4.69) is 31.9 Å². The number of esters is 1. The van der Waals surface area contributed by atoms with E-state index in [0.29, 0.717) is 6.61 Å². The maximum atomic E-state index is 11.5. The van der Waals surface area contributed by atoms with E-state index in [9.17, 15) is 4.79 Å². The molecule has 0 saturated heterocycles. The molecule has 0 amide bonds. The highest BCUT2D eigenvalue weighted by molar-refractivity contribution is 9.12. The second-order valence-electron chi connectivity index (χ2n) is 3.59. The van der Waals surface area contributed by atoms with Crippen LogP contribution in [0.4, 0.5) is 0 Å². The quantitative estimate of drug-likeness (QED) is 0.575. The fourth-order valence-corrected chi connectivity index (χ4v) is 0.869. The molecule has 0 aliphatic carbocycles. The van der Waals surface area contributed by atoms with Gasteiger partial charge in [0.25, 0.3) is 0 Å². The van der Waals surface area contributed by atoms with Crippen molar-refractivity contribution in [3.05, 3.63) is 0 Å². The summed E-state index contributed by atoms with van der Waals surface area (Å²) in [5.41, 5.74) is -0.362. The highest BCUT2D eigenvalue weighted by Crippen LogP contribution is 2.21. The van der Waals surface area contributed by atoms with Gasteiger partial charge in [0, 0.05) is 5.33 Å². The van der Waals surface area contributed by atoms with Crippen LogP contribution in [0.25, 0.3) is 0 Å². The molecule has 0 bridgehead atoms. The van der Waals surface area contributed by atoms with Crippen molar-refractivity contribution in [2.45, 2.75) is 32.0 Å². The van der Waals surface area contributed by atoms with Crippen LogP contribution >= 0.6 is 31.9 Å². The van der Waals surface area contributed by atoms with Gasteiger partial charge in [-0.25, -0.2) is 0 Å². The zero-order valence-electron chi connectivity index (χ0n) is 8.27. The average molecular weight is 316 g/mol. The third kappa shape index (κ3) is 5.01. The molecule has 0 spiro atoms. The molecule has 0 aliphatic rings. The van der Waals surface area contributed by atoms with Crippen molar-refractivity contribution in [3.63, 3.8) is 0 Å². The van der Waals surface area contributed by atoms with Gasteiger partial charge in [0.2, 0.25) is 0 Å². The Morgan fingerprint density at radius 1 is 1.54 bits per heavy atom. The first-order chi connectivity index (χ1) is 5.94. The molecule has 1 unspecified atom stereocenters. The molecule has 0 saturated carbocycles. The number of rotatable bonds is 5. The SMILES string of the molecule is CCC(C)(C)C(=O)OCC(Br)CBr. The Balaban J connectivity index is 3.88. The van der Waals surface area contributed by atoms with Crippen LogP contribution in [0.5, 0.6) is 0 Å². The molecule has 0 aromatic carbocycles. The van der Waals surface area contributed by atoms with Gasteiger partial charge in [-0.3, -0.25) is 4.79 Å². The van der Waals surface area contributed by atoms with Crippen molar-refractivity contribution in [2.75, 3.05) is 11.9 Å². The van der Waals surface area contributed by atoms with E-state index in [1.165, 1.54) is 0 Å². The van der Waals surface area contributed by atoms with Crippen molar-refractivity contribution in [2.24, 2.45) is 5.41 Å². The number of hydrogen-bond acceptors (Lipinski definition) is 2. The number of ether oxygens (including phenoxy) is 1. The Morgan fingerprint density at radius 2 is 2.08 bits per heavy atom. The lowest BCUT2D eigenvalue weighted by atomic mass is 9.91. The van der Waals surface area contributed by atoms with Crippen LogP contribution in [0.1, 0.15) is 27.2 Å². The Bertz CT molecular complexity index is 169. The van der Waals surface area contributed by atoms with E-state index in [1.54, 1.807) is 0 Å². The van der Waals surface area contributed by atoms with E-state index in [4.69, 9.17) is 4.74 Å². The van der Waals surface area contributed by atoms with E-state index in [-0.39, 0.29) is 16.2 Å². The minimum atomic E-state index is -0.362. The van der Waals surface area contributed by atoms with Crippen LogP contribution in [0.2, 0.25) is 0 Å². The van der Waals surface area contributed by atoms with Gasteiger partial charge in [-0.1, -0.05) is 38.8 Å². The summed E-state index contributed by atoms with van der Waals surface area (Å²) < 4.78 is 5.13. The maximum absolute atomic E-state index is 11.5. The molecule has 0 fully saturated rings. The monoisotopic (exact) mass is 314 g/mol. The highest BCUT2D eigenvalue weighted by Gasteiger charge is 2.27. The summed E-state index contributed by atoms with van der Waals surface area (Å²) in [4.78, 5) is 11.7. The molecule has 1 atom stereocenters. The normalized spacial score (nSPS) is 13.9. The third-order valence-corrected chi connectivity index (χ3v) is 4.24. The topological polar surface area (TPSA) is 26.3 Å².